The van der Waals surface area contributed by atoms with E-state index < -0.39 is 0 Å². The molecule has 4 nitrogen and oxygen atoms in total. The van der Waals surface area contributed by atoms with Gasteiger partial charge in [-0.25, -0.2) is 9.37 Å². The van der Waals surface area contributed by atoms with Crippen LogP contribution in [0.15, 0.2) is 49.1 Å². The zero-order valence-electron chi connectivity index (χ0n) is 12.4. The third-order valence-corrected chi connectivity index (χ3v) is 4.01. The van der Waals surface area contributed by atoms with Crippen molar-refractivity contribution >= 4 is 11.5 Å². The van der Waals surface area contributed by atoms with Gasteiger partial charge in [-0.15, -0.1) is 0 Å². The van der Waals surface area contributed by atoms with Gasteiger partial charge in [0.1, 0.15) is 11.9 Å². The molecule has 2 heterocycles. The predicted molar refractivity (Wildman–Crippen MR) is 82.5 cm³/mol. The van der Waals surface area contributed by atoms with Crippen molar-refractivity contribution in [2.75, 3.05) is 13.1 Å². The van der Waals surface area contributed by atoms with Gasteiger partial charge in [0.05, 0.1) is 6.33 Å². The largest absolute Gasteiger partial charge is 0.333 e. The van der Waals surface area contributed by atoms with Crippen LogP contribution in [0.1, 0.15) is 24.9 Å². The fourth-order valence-corrected chi connectivity index (χ4v) is 2.82. The van der Waals surface area contributed by atoms with Gasteiger partial charge >= 0.3 is 0 Å². The van der Waals surface area contributed by atoms with Crippen molar-refractivity contribution in [1.82, 2.24) is 14.5 Å². The van der Waals surface area contributed by atoms with Crippen LogP contribution in [-0.2, 0) is 4.79 Å². The van der Waals surface area contributed by atoms with Crippen LogP contribution < -0.4 is 0 Å². The van der Waals surface area contributed by atoms with Crippen LogP contribution >= 0.6 is 0 Å². The summed E-state index contributed by atoms with van der Waals surface area (Å²) < 4.78 is 15.7. The SMILES string of the molecule is CCC(C(=O)N1CC=C(c2ccccc2F)C1)n1ccnc1. The summed E-state index contributed by atoms with van der Waals surface area (Å²) in [4.78, 5) is 18.5. The van der Waals surface area contributed by atoms with Gasteiger partial charge in [-0.1, -0.05) is 31.2 Å². The van der Waals surface area contributed by atoms with Gasteiger partial charge in [0.2, 0.25) is 5.91 Å². The molecule has 0 aliphatic carbocycles. The first-order valence-electron chi connectivity index (χ1n) is 7.41. The first kappa shape index (κ1) is 14.5. The summed E-state index contributed by atoms with van der Waals surface area (Å²) in [6.45, 7) is 2.95. The van der Waals surface area contributed by atoms with Crippen molar-refractivity contribution in [2.24, 2.45) is 0 Å². The van der Waals surface area contributed by atoms with Crippen LogP contribution in [0.4, 0.5) is 4.39 Å². The third kappa shape index (κ3) is 2.66. The molecular weight excluding hydrogens is 281 g/mol. The minimum absolute atomic E-state index is 0.0445. The summed E-state index contributed by atoms with van der Waals surface area (Å²) in [5.74, 6) is -0.201. The molecule has 1 atom stereocenters. The topological polar surface area (TPSA) is 38.1 Å². The van der Waals surface area contributed by atoms with Gasteiger partial charge in [0, 0.05) is 31.0 Å². The highest BCUT2D eigenvalue weighted by atomic mass is 19.1. The molecule has 0 radical (unpaired) electrons. The van der Waals surface area contributed by atoms with Crippen LogP contribution in [-0.4, -0.2) is 33.4 Å². The minimum atomic E-state index is -0.254. The monoisotopic (exact) mass is 299 g/mol. The van der Waals surface area contributed by atoms with Gasteiger partial charge in [-0.05, 0) is 18.1 Å². The zero-order chi connectivity index (χ0) is 15.5. The first-order chi connectivity index (χ1) is 10.7. The number of carbonyl (C=O) groups is 1. The van der Waals surface area contributed by atoms with Crippen LogP contribution in [0.25, 0.3) is 5.57 Å². The normalized spacial score (nSPS) is 15.7. The van der Waals surface area contributed by atoms with Gasteiger partial charge in [0.15, 0.2) is 0 Å². The lowest BCUT2D eigenvalue weighted by Gasteiger charge is -2.23. The minimum Gasteiger partial charge on any atom is -0.333 e. The molecule has 1 aromatic heterocycles. The Morgan fingerprint density at radius 3 is 2.91 bits per heavy atom. The second-order valence-electron chi connectivity index (χ2n) is 5.36. The van der Waals surface area contributed by atoms with E-state index in [1.165, 1.54) is 6.07 Å². The van der Waals surface area contributed by atoms with Gasteiger partial charge in [0.25, 0.3) is 0 Å². The highest BCUT2D eigenvalue weighted by Gasteiger charge is 2.27. The van der Waals surface area contributed by atoms with Gasteiger partial charge < -0.3 is 9.47 Å². The van der Waals surface area contributed by atoms with Gasteiger partial charge in [-0.3, -0.25) is 4.79 Å². The molecule has 0 bridgehead atoms. The van der Waals surface area contributed by atoms with Crippen molar-refractivity contribution in [3.8, 4) is 0 Å². The number of amides is 1. The number of halogens is 1. The molecule has 1 aromatic carbocycles. The summed E-state index contributed by atoms with van der Waals surface area (Å²) >= 11 is 0. The number of hydrogen-bond donors (Lipinski definition) is 0. The Bertz CT molecular complexity index is 694. The molecule has 22 heavy (non-hydrogen) atoms. The van der Waals surface area contributed by atoms with Crippen LogP contribution in [0.5, 0.6) is 0 Å². The van der Waals surface area contributed by atoms with Gasteiger partial charge in [-0.2, -0.15) is 0 Å². The van der Waals surface area contributed by atoms with E-state index in [4.69, 9.17) is 0 Å². The Hall–Kier alpha value is -2.43. The van der Waals surface area contributed by atoms with Crippen molar-refractivity contribution in [3.63, 3.8) is 0 Å². The molecular formula is C17H18FN3O. The molecule has 114 valence electrons. The van der Waals surface area contributed by atoms with E-state index >= 15 is 0 Å². The van der Waals surface area contributed by atoms with Crippen molar-refractivity contribution in [2.45, 2.75) is 19.4 Å². The number of rotatable bonds is 4. The standard InChI is InChI=1S/C17H18FN3O/c1-2-16(21-10-8-19-12-21)17(22)20-9-7-13(11-20)14-5-3-4-6-15(14)18/h3-8,10,12,16H,2,9,11H2,1H3. The van der Waals surface area contributed by atoms with E-state index in [1.807, 2.05) is 23.6 Å². The van der Waals surface area contributed by atoms with E-state index in [0.717, 1.165) is 5.57 Å². The predicted octanol–water partition coefficient (Wildman–Crippen LogP) is 2.90. The zero-order valence-corrected chi connectivity index (χ0v) is 12.4. The first-order valence-corrected chi connectivity index (χ1v) is 7.41. The molecule has 0 N–H and O–H groups in total. The molecule has 0 spiro atoms. The molecule has 5 heteroatoms. The summed E-state index contributed by atoms with van der Waals surface area (Å²) in [6.07, 6.45) is 7.75. The maximum atomic E-state index is 13.9. The fourth-order valence-electron chi connectivity index (χ4n) is 2.82. The number of hydrogen-bond acceptors (Lipinski definition) is 2. The molecule has 1 aliphatic heterocycles. The van der Waals surface area contributed by atoms with Crippen LogP contribution in [0, 0.1) is 5.82 Å². The number of nitrogens with zero attached hydrogens (tertiary/aromatic N) is 3. The summed E-state index contributed by atoms with van der Waals surface area (Å²) in [6, 6.07) is 6.42. The Morgan fingerprint density at radius 1 is 1.41 bits per heavy atom. The van der Waals surface area contributed by atoms with Crippen LogP contribution in [0.3, 0.4) is 0 Å². The second kappa shape index (κ2) is 6.13. The summed E-state index contributed by atoms with van der Waals surface area (Å²) in [7, 11) is 0. The molecule has 2 aromatic rings. The molecule has 1 unspecified atom stereocenters. The average molecular weight is 299 g/mol. The van der Waals surface area contributed by atoms with E-state index in [9.17, 15) is 9.18 Å². The number of aromatic nitrogens is 2. The Kier molecular flexibility index (Phi) is 4.04. The van der Waals surface area contributed by atoms with E-state index in [0.29, 0.717) is 25.1 Å². The average Bonchev–Trinajstić information content (AvgIpc) is 3.20. The van der Waals surface area contributed by atoms with Crippen molar-refractivity contribution in [3.05, 3.63) is 60.4 Å². The van der Waals surface area contributed by atoms with E-state index in [-0.39, 0.29) is 17.8 Å². The Balaban J connectivity index is 1.74. The smallest absolute Gasteiger partial charge is 0.246 e. The highest BCUT2D eigenvalue weighted by molar-refractivity contribution is 5.84. The highest BCUT2D eigenvalue weighted by Crippen LogP contribution is 2.25. The van der Waals surface area contributed by atoms with Crippen LogP contribution in [0.2, 0.25) is 0 Å². The molecule has 0 fully saturated rings. The number of carbonyl (C=O) groups excluding carboxylic acids is 1. The lowest BCUT2D eigenvalue weighted by atomic mass is 10.1. The molecule has 0 saturated heterocycles. The molecule has 1 aliphatic rings. The Labute approximate surface area is 128 Å². The van der Waals surface area contributed by atoms with Crippen molar-refractivity contribution in [1.29, 1.82) is 0 Å². The second-order valence-corrected chi connectivity index (χ2v) is 5.36. The summed E-state index contributed by atoms with van der Waals surface area (Å²) in [5.41, 5.74) is 1.44. The summed E-state index contributed by atoms with van der Waals surface area (Å²) in [5, 5.41) is 0. The number of imidazole rings is 1. The van der Waals surface area contributed by atoms with E-state index in [1.54, 1.807) is 35.8 Å². The molecule has 3 rings (SSSR count). The van der Waals surface area contributed by atoms with Crippen molar-refractivity contribution < 1.29 is 9.18 Å². The quantitative estimate of drug-likeness (QED) is 0.870. The molecule has 1 amide bonds. The lowest BCUT2D eigenvalue weighted by Crippen LogP contribution is -2.35. The van der Waals surface area contributed by atoms with E-state index in [2.05, 4.69) is 4.98 Å². The fraction of sp³-hybridized carbons (Fsp3) is 0.294. The Morgan fingerprint density at radius 2 is 2.23 bits per heavy atom. The third-order valence-electron chi connectivity index (χ3n) is 4.01. The number of benzene rings is 1. The maximum Gasteiger partial charge on any atom is 0.246 e. The maximum absolute atomic E-state index is 13.9. The lowest BCUT2D eigenvalue weighted by molar-refractivity contribution is -0.133. The molecule has 0 saturated carbocycles.